The standard InChI is InChI=1S/C10H16N2O3S/c1-3-4-8(11-7-13)9(14)12-16(15)10(2)5-6-10/h3,7-8H,1,4-6H2,2H3,(H,11,13)(H,12,14). The molecule has 6 heteroatoms. The molecule has 2 unspecified atom stereocenters. The summed E-state index contributed by atoms with van der Waals surface area (Å²) in [7, 11) is -1.37. The lowest BCUT2D eigenvalue weighted by Crippen LogP contribution is -2.45. The zero-order valence-corrected chi connectivity index (χ0v) is 10.0. The third-order valence-corrected chi connectivity index (χ3v) is 4.27. The molecule has 1 saturated carbocycles. The second kappa shape index (κ2) is 5.25. The van der Waals surface area contributed by atoms with Crippen molar-refractivity contribution in [2.45, 2.75) is 37.0 Å². The van der Waals surface area contributed by atoms with Gasteiger partial charge in [0.2, 0.25) is 6.41 Å². The van der Waals surface area contributed by atoms with Crippen LogP contribution in [0.1, 0.15) is 26.2 Å². The van der Waals surface area contributed by atoms with E-state index in [-0.39, 0.29) is 4.75 Å². The molecule has 1 aliphatic carbocycles. The van der Waals surface area contributed by atoms with Crippen molar-refractivity contribution >= 4 is 23.3 Å². The lowest BCUT2D eigenvalue weighted by molar-refractivity contribution is -0.123. The summed E-state index contributed by atoms with van der Waals surface area (Å²) in [5, 5.41) is 2.36. The lowest BCUT2D eigenvalue weighted by Gasteiger charge is -2.15. The van der Waals surface area contributed by atoms with E-state index < -0.39 is 22.9 Å². The SMILES string of the molecule is C=CCC(NC=O)C(=O)NS(=O)C1(C)CC1. The highest BCUT2D eigenvalue weighted by Crippen LogP contribution is 2.39. The molecule has 0 aliphatic heterocycles. The number of hydrogen-bond donors (Lipinski definition) is 2. The van der Waals surface area contributed by atoms with Crippen LogP contribution < -0.4 is 10.0 Å². The van der Waals surface area contributed by atoms with E-state index in [0.29, 0.717) is 12.8 Å². The topological polar surface area (TPSA) is 75.3 Å². The fourth-order valence-electron chi connectivity index (χ4n) is 1.15. The van der Waals surface area contributed by atoms with Gasteiger partial charge in [-0.15, -0.1) is 6.58 Å². The van der Waals surface area contributed by atoms with Gasteiger partial charge in [0, 0.05) is 0 Å². The largest absolute Gasteiger partial charge is 0.347 e. The van der Waals surface area contributed by atoms with Crippen LogP contribution in [0.4, 0.5) is 0 Å². The summed E-state index contributed by atoms with van der Waals surface area (Å²) < 4.78 is 13.8. The van der Waals surface area contributed by atoms with Gasteiger partial charge < -0.3 is 5.32 Å². The van der Waals surface area contributed by atoms with E-state index in [0.717, 1.165) is 12.8 Å². The molecule has 2 atom stereocenters. The Labute approximate surface area is 97.3 Å². The highest BCUT2D eigenvalue weighted by atomic mass is 32.2. The average molecular weight is 244 g/mol. The molecular formula is C10H16N2O3S. The van der Waals surface area contributed by atoms with E-state index in [1.807, 2.05) is 6.92 Å². The van der Waals surface area contributed by atoms with Crippen LogP contribution in [0.15, 0.2) is 12.7 Å². The summed E-state index contributed by atoms with van der Waals surface area (Å²) in [6.45, 7) is 5.35. The zero-order valence-electron chi connectivity index (χ0n) is 9.19. The van der Waals surface area contributed by atoms with E-state index >= 15 is 0 Å². The van der Waals surface area contributed by atoms with E-state index in [2.05, 4.69) is 16.6 Å². The fraction of sp³-hybridized carbons (Fsp3) is 0.600. The van der Waals surface area contributed by atoms with Crippen LogP contribution in [0.2, 0.25) is 0 Å². The lowest BCUT2D eigenvalue weighted by atomic mass is 10.2. The molecule has 90 valence electrons. The van der Waals surface area contributed by atoms with Crippen molar-refractivity contribution in [1.29, 1.82) is 0 Å². The molecule has 16 heavy (non-hydrogen) atoms. The van der Waals surface area contributed by atoms with E-state index in [9.17, 15) is 13.8 Å². The monoisotopic (exact) mass is 244 g/mol. The highest BCUT2D eigenvalue weighted by molar-refractivity contribution is 7.85. The summed E-state index contributed by atoms with van der Waals surface area (Å²) in [6.07, 6.45) is 4.01. The maximum Gasteiger partial charge on any atom is 0.254 e. The molecule has 2 amide bonds. The van der Waals surface area contributed by atoms with Crippen molar-refractivity contribution < 1.29 is 13.8 Å². The third kappa shape index (κ3) is 3.16. The first-order valence-corrected chi connectivity index (χ1v) is 6.21. The molecule has 0 radical (unpaired) electrons. The summed E-state index contributed by atoms with van der Waals surface area (Å²) >= 11 is 0. The van der Waals surface area contributed by atoms with Gasteiger partial charge in [0.1, 0.15) is 17.0 Å². The predicted molar refractivity (Wildman–Crippen MR) is 61.7 cm³/mol. The molecular weight excluding hydrogens is 228 g/mol. The number of nitrogens with one attached hydrogen (secondary N) is 2. The molecule has 0 aromatic carbocycles. The summed E-state index contributed by atoms with van der Waals surface area (Å²) in [5.74, 6) is -0.432. The zero-order chi connectivity index (χ0) is 12.2. The van der Waals surface area contributed by atoms with Gasteiger partial charge in [-0.3, -0.25) is 14.3 Å². The first-order chi connectivity index (χ1) is 7.53. The number of hydrogen-bond acceptors (Lipinski definition) is 3. The first-order valence-electron chi connectivity index (χ1n) is 5.06. The van der Waals surface area contributed by atoms with Gasteiger partial charge in [0.25, 0.3) is 5.91 Å². The van der Waals surface area contributed by atoms with Crippen LogP contribution in [0.25, 0.3) is 0 Å². The number of carbonyl (C=O) groups is 2. The normalized spacial score (nSPS) is 20.3. The van der Waals surface area contributed by atoms with Gasteiger partial charge in [-0.25, -0.2) is 4.21 Å². The minimum atomic E-state index is -1.37. The van der Waals surface area contributed by atoms with Gasteiger partial charge in [-0.2, -0.15) is 0 Å². The summed E-state index contributed by atoms with van der Waals surface area (Å²) in [4.78, 5) is 21.9. The molecule has 0 heterocycles. The Morgan fingerprint density at radius 1 is 1.62 bits per heavy atom. The second-order valence-electron chi connectivity index (χ2n) is 4.05. The van der Waals surface area contributed by atoms with Crippen LogP contribution >= 0.6 is 0 Å². The number of amides is 2. The van der Waals surface area contributed by atoms with Crippen molar-refractivity contribution in [1.82, 2.24) is 10.0 Å². The maximum absolute atomic E-state index is 11.7. The molecule has 0 aromatic heterocycles. The van der Waals surface area contributed by atoms with Crippen molar-refractivity contribution in [3.63, 3.8) is 0 Å². The predicted octanol–water partition coefficient (Wildman–Crippen LogP) is 0.00950. The molecule has 0 aromatic rings. The van der Waals surface area contributed by atoms with Crippen LogP contribution in [0.5, 0.6) is 0 Å². The van der Waals surface area contributed by atoms with Gasteiger partial charge in [-0.05, 0) is 26.2 Å². The third-order valence-electron chi connectivity index (χ3n) is 2.58. The Bertz CT molecular complexity index is 316. The Morgan fingerprint density at radius 3 is 2.69 bits per heavy atom. The first kappa shape index (κ1) is 12.9. The molecule has 2 N–H and O–H groups in total. The van der Waals surface area contributed by atoms with Crippen molar-refractivity contribution in [3.8, 4) is 0 Å². The fourth-order valence-corrected chi connectivity index (χ4v) is 2.19. The van der Waals surface area contributed by atoms with E-state index in [4.69, 9.17) is 0 Å². The summed E-state index contributed by atoms with van der Waals surface area (Å²) in [5.41, 5.74) is 0. The Hall–Kier alpha value is -1.17. The van der Waals surface area contributed by atoms with Crippen molar-refractivity contribution in [3.05, 3.63) is 12.7 Å². The molecule has 0 saturated heterocycles. The van der Waals surface area contributed by atoms with Crippen molar-refractivity contribution in [2.24, 2.45) is 0 Å². The maximum atomic E-state index is 11.7. The van der Waals surface area contributed by atoms with Crippen LogP contribution in [-0.2, 0) is 20.6 Å². The molecule has 1 fully saturated rings. The van der Waals surface area contributed by atoms with Gasteiger partial charge >= 0.3 is 0 Å². The molecule has 1 aliphatic rings. The minimum Gasteiger partial charge on any atom is -0.347 e. The molecule has 1 rings (SSSR count). The van der Waals surface area contributed by atoms with Crippen LogP contribution in [0, 0.1) is 0 Å². The minimum absolute atomic E-state index is 0.282. The quantitative estimate of drug-likeness (QED) is 0.489. The molecule has 5 nitrogen and oxygen atoms in total. The smallest absolute Gasteiger partial charge is 0.254 e. The summed E-state index contributed by atoms with van der Waals surface area (Å²) in [6, 6.07) is -0.693. The Kier molecular flexibility index (Phi) is 4.23. The number of rotatable bonds is 7. The van der Waals surface area contributed by atoms with Crippen LogP contribution in [0.3, 0.4) is 0 Å². The van der Waals surface area contributed by atoms with E-state index in [1.54, 1.807) is 0 Å². The van der Waals surface area contributed by atoms with E-state index in [1.165, 1.54) is 6.08 Å². The average Bonchev–Trinajstić information content (AvgIpc) is 2.97. The highest BCUT2D eigenvalue weighted by Gasteiger charge is 2.45. The van der Waals surface area contributed by atoms with Gasteiger partial charge in [0.05, 0.1) is 4.75 Å². The van der Waals surface area contributed by atoms with Gasteiger partial charge in [-0.1, -0.05) is 6.08 Å². The Balaban J connectivity index is 2.50. The van der Waals surface area contributed by atoms with Crippen LogP contribution in [-0.4, -0.2) is 27.3 Å². The Morgan fingerprint density at radius 2 is 2.25 bits per heavy atom. The number of carbonyl (C=O) groups excluding carboxylic acids is 2. The molecule has 0 bridgehead atoms. The molecule has 0 spiro atoms. The van der Waals surface area contributed by atoms with Gasteiger partial charge in [0.15, 0.2) is 0 Å². The van der Waals surface area contributed by atoms with Crippen molar-refractivity contribution in [2.75, 3.05) is 0 Å². The second-order valence-corrected chi connectivity index (χ2v) is 5.77.